The highest BCUT2D eigenvalue weighted by Crippen LogP contribution is 2.20. The molecule has 2 heterocycles. The molecule has 23 heavy (non-hydrogen) atoms. The largest absolute Gasteiger partial charge is 0.299 e. The Kier molecular flexibility index (Phi) is 5.48. The Bertz CT molecular complexity index is 691. The van der Waals surface area contributed by atoms with Crippen LogP contribution < -0.4 is 4.72 Å². The van der Waals surface area contributed by atoms with E-state index in [9.17, 15) is 8.42 Å². The second-order valence-electron chi connectivity index (χ2n) is 5.99. The second kappa shape index (κ2) is 7.57. The zero-order chi connectivity index (χ0) is 16.1. The van der Waals surface area contributed by atoms with Crippen LogP contribution in [0.25, 0.3) is 0 Å². The van der Waals surface area contributed by atoms with E-state index < -0.39 is 10.0 Å². The van der Waals surface area contributed by atoms with Crippen LogP contribution in [0.2, 0.25) is 0 Å². The molecule has 0 amide bonds. The Morgan fingerprint density at radius 1 is 1.09 bits per heavy atom. The summed E-state index contributed by atoms with van der Waals surface area (Å²) < 4.78 is 27.4. The van der Waals surface area contributed by atoms with Crippen molar-refractivity contribution in [2.45, 2.75) is 23.6 Å². The Hall–Kier alpha value is -1.21. The third-order valence-electron chi connectivity index (χ3n) is 4.28. The maximum Gasteiger partial charge on any atom is 0.250 e. The van der Waals surface area contributed by atoms with Crippen LogP contribution >= 0.6 is 11.3 Å². The average Bonchev–Trinajstić information content (AvgIpc) is 3.11. The highest BCUT2D eigenvalue weighted by molar-refractivity contribution is 7.91. The van der Waals surface area contributed by atoms with Crippen LogP contribution in [0.5, 0.6) is 0 Å². The number of nitrogens with one attached hydrogen (secondary N) is 1. The van der Waals surface area contributed by atoms with Gasteiger partial charge in [0.15, 0.2) is 0 Å². The molecule has 1 saturated heterocycles. The molecule has 0 spiro atoms. The smallest absolute Gasteiger partial charge is 0.250 e. The first-order chi connectivity index (χ1) is 11.1. The molecule has 0 radical (unpaired) electrons. The molecule has 1 aliphatic rings. The van der Waals surface area contributed by atoms with Crippen molar-refractivity contribution in [3.63, 3.8) is 0 Å². The summed E-state index contributed by atoms with van der Waals surface area (Å²) >= 11 is 1.26. The Morgan fingerprint density at radius 2 is 1.83 bits per heavy atom. The van der Waals surface area contributed by atoms with E-state index in [1.54, 1.807) is 17.5 Å². The quantitative estimate of drug-likeness (QED) is 0.871. The molecular weight excluding hydrogens is 328 g/mol. The third-order valence-corrected chi connectivity index (χ3v) is 7.10. The fraction of sp³-hybridized carbons (Fsp3) is 0.412. The summed E-state index contributed by atoms with van der Waals surface area (Å²) in [6.45, 7) is 3.58. The van der Waals surface area contributed by atoms with Gasteiger partial charge in [-0.1, -0.05) is 36.4 Å². The van der Waals surface area contributed by atoms with Crippen molar-refractivity contribution in [3.8, 4) is 0 Å². The third kappa shape index (κ3) is 4.64. The fourth-order valence-corrected chi connectivity index (χ4v) is 5.06. The SMILES string of the molecule is O=S(=O)(NCC1CCN(Cc2ccccc2)CC1)c1cccs1. The van der Waals surface area contributed by atoms with Gasteiger partial charge in [0.1, 0.15) is 4.21 Å². The summed E-state index contributed by atoms with van der Waals surface area (Å²) in [6, 6.07) is 13.9. The predicted octanol–water partition coefficient (Wildman–Crippen LogP) is 2.94. The predicted molar refractivity (Wildman–Crippen MR) is 94.0 cm³/mol. The molecule has 6 heteroatoms. The average molecular weight is 351 g/mol. The number of hydrogen-bond acceptors (Lipinski definition) is 4. The number of nitrogens with zero attached hydrogens (tertiary/aromatic N) is 1. The van der Waals surface area contributed by atoms with Crippen molar-refractivity contribution in [2.24, 2.45) is 5.92 Å². The van der Waals surface area contributed by atoms with Crippen LogP contribution in [0.15, 0.2) is 52.1 Å². The summed E-state index contributed by atoms with van der Waals surface area (Å²) in [4.78, 5) is 2.44. The van der Waals surface area contributed by atoms with Crippen LogP contribution in [0.4, 0.5) is 0 Å². The minimum absolute atomic E-state index is 0.402. The molecule has 1 aromatic carbocycles. The Morgan fingerprint density at radius 3 is 2.48 bits per heavy atom. The lowest BCUT2D eigenvalue weighted by molar-refractivity contribution is 0.178. The first-order valence-electron chi connectivity index (χ1n) is 7.93. The zero-order valence-corrected chi connectivity index (χ0v) is 14.7. The number of rotatable bonds is 6. The van der Waals surface area contributed by atoms with Crippen molar-refractivity contribution in [1.29, 1.82) is 0 Å². The van der Waals surface area contributed by atoms with E-state index in [1.807, 2.05) is 6.07 Å². The summed E-state index contributed by atoms with van der Waals surface area (Å²) in [5, 5.41) is 1.79. The molecule has 1 fully saturated rings. The normalized spacial score (nSPS) is 17.4. The number of hydrogen-bond donors (Lipinski definition) is 1. The van der Waals surface area contributed by atoms with E-state index in [0.29, 0.717) is 16.7 Å². The van der Waals surface area contributed by atoms with Crippen LogP contribution in [-0.4, -0.2) is 33.0 Å². The van der Waals surface area contributed by atoms with Gasteiger partial charge in [0.05, 0.1) is 0 Å². The minimum atomic E-state index is -3.32. The summed E-state index contributed by atoms with van der Waals surface area (Å²) in [5.74, 6) is 0.428. The summed E-state index contributed by atoms with van der Waals surface area (Å²) in [7, 11) is -3.32. The number of piperidine rings is 1. The number of sulfonamides is 1. The first kappa shape index (κ1) is 16.6. The van der Waals surface area contributed by atoms with Gasteiger partial charge in [0, 0.05) is 13.1 Å². The van der Waals surface area contributed by atoms with Crippen molar-refractivity contribution in [2.75, 3.05) is 19.6 Å². The molecule has 1 N–H and O–H groups in total. The van der Waals surface area contributed by atoms with E-state index in [4.69, 9.17) is 0 Å². The molecule has 0 unspecified atom stereocenters. The number of benzene rings is 1. The van der Waals surface area contributed by atoms with Gasteiger partial charge in [-0.05, 0) is 48.9 Å². The highest BCUT2D eigenvalue weighted by Gasteiger charge is 2.22. The Labute approximate surface area is 142 Å². The minimum Gasteiger partial charge on any atom is -0.299 e. The molecule has 0 atom stereocenters. The molecule has 1 aliphatic heterocycles. The monoisotopic (exact) mass is 350 g/mol. The first-order valence-corrected chi connectivity index (χ1v) is 10.3. The maximum absolute atomic E-state index is 12.1. The van der Waals surface area contributed by atoms with Gasteiger partial charge in [-0.2, -0.15) is 0 Å². The second-order valence-corrected chi connectivity index (χ2v) is 8.93. The lowest BCUT2D eigenvalue weighted by Crippen LogP contribution is -2.38. The molecule has 3 rings (SSSR count). The van der Waals surface area contributed by atoms with E-state index in [0.717, 1.165) is 32.5 Å². The van der Waals surface area contributed by atoms with Crippen LogP contribution in [0.1, 0.15) is 18.4 Å². The van der Waals surface area contributed by atoms with Gasteiger partial charge in [0.25, 0.3) is 0 Å². The van der Waals surface area contributed by atoms with E-state index in [-0.39, 0.29) is 0 Å². The van der Waals surface area contributed by atoms with Gasteiger partial charge in [0.2, 0.25) is 10.0 Å². The zero-order valence-electron chi connectivity index (χ0n) is 13.0. The van der Waals surface area contributed by atoms with Gasteiger partial charge in [-0.25, -0.2) is 13.1 Å². The molecule has 1 aromatic heterocycles. The molecule has 0 bridgehead atoms. The van der Waals surface area contributed by atoms with E-state index in [2.05, 4.69) is 33.9 Å². The topological polar surface area (TPSA) is 49.4 Å². The standard InChI is InChI=1S/C17H22N2O2S2/c20-23(21,17-7-4-12-22-17)18-13-15-8-10-19(11-9-15)14-16-5-2-1-3-6-16/h1-7,12,15,18H,8-11,13-14H2. The number of likely N-dealkylation sites (tertiary alicyclic amines) is 1. The number of thiophene rings is 1. The molecule has 124 valence electrons. The van der Waals surface area contributed by atoms with Crippen LogP contribution in [-0.2, 0) is 16.6 Å². The Balaban J connectivity index is 1.44. The summed E-state index contributed by atoms with van der Waals surface area (Å²) in [6.07, 6.45) is 2.08. The van der Waals surface area contributed by atoms with Crippen LogP contribution in [0, 0.1) is 5.92 Å². The van der Waals surface area contributed by atoms with E-state index >= 15 is 0 Å². The molecular formula is C17H22N2O2S2. The molecule has 0 aliphatic carbocycles. The van der Waals surface area contributed by atoms with Gasteiger partial charge >= 0.3 is 0 Å². The summed E-state index contributed by atoms with van der Waals surface area (Å²) in [5.41, 5.74) is 1.34. The highest BCUT2D eigenvalue weighted by atomic mass is 32.2. The lowest BCUT2D eigenvalue weighted by Gasteiger charge is -2.32. The molecule has 4 nitrogen and oxygen atoms in total. The van der Waals surface area contributed by atoms with Crippen molar-refractivity contribution >= 4 is 21.4 Å². The fourth-order valence-electron chi connectivity index (χ4n) is 2.91. The van der Waals surface area contributed by atoms with Crippen molar-refractivity contribution < 1.29 is 8.42 Å². The lowest BCUT2D eigenvalue weighted by atomic mass is 9.97. The van der Waals surface area contributed by atoms with E-state index in [1.165, 1.54) is 16.9 Å². The van der Waals surface area contributed by atoms with Crippen molar-refractivity contribution in [3.05, 3.63) is 53.4 Å². The van der Waals surface area contributed by atoms with Gasteiger partial charge < -0.3 is 0 Å². The van der Waals surface area contributed by atoms with Crippen molar-refractivity contribution in [1.82, 2.24) is 9.62 Å². The molecule has 2 aromatic rings. The van der Waals surface area contributed by atoms with Crippen LogP contribution in [0.3, 0.4) is 0 Å². The van der Waals surface area contributed by atoms with Gasteiger partial charge in [-0.3, -0.25) is 4.90 Å². The molecule has 0 saturated carbocycles. The van der Waals surface area contributed by atoms with Gasteiger partial charge in [-0.15, -0.1) is 11.3 Å². The maximum atomic E-state index is 12.1.